The fourth-order valence-corrected chi connectivity index (χ4v) is 39.1. The zero-order valence-corrected chi connectivity index (χ0v) is 98.0. The zero-order valence-electron chi connectivity index (χ0n) is 79.6. The molecule has 740 valence electrons. The molecule has 18 heteroatoms. The smallest absolute Gasteiger partial charge is 0.366 e. The van der Waals surface area contributed by atoms with Gasteiger partial charge >= 0.3 is 65.8 Å². The summed E-state index contributed by atoms with van der Waals surface area (Å²) in [5.41, 5.74) is 3.31. The van der Waals surface area contributed by atoms with Gasteiger partial charge < -0.3 is 25.7 Å². The van der Waals surface area contributed by atoms with E-state index in [-0.39, 0.29) is 132 Å². The molecule has 0 unspecified atom stereocenters. The van der Waals surface area contributed by atoms with Gasteiger partial charge in [-0.15, -0.1) is 70.8 Å². The second-order valence-electron chi connectivity index (χ2n) is 31.3. The number of hydrogen-bond acceptors (Lipinski definition) is 4. The Bertz CT molecular complexity index is 5470. The third-order valence-corrected chi connectivity index (χ3v) is 44.2. The summed E-state index contributed by atoms with van der Waals surface area (Å²) in [6.45, 7) is 0. The number of benzene rings is 20. The van der Waals surface area contributed by atoms with Gasteiger partial charge in [-0.05, 0) is 194 Å². The van der Waals surface area contributed by atoms with Crippen molar-refractivity contribution < 1.29 is 132 Å². The maximum Gasteiger partial charge on any atom is 2.00 e. The van der Waals surface area contributed by atoms with Crippen molar-refractivity contribution in [1.29, 1.82) is 0 Å². The second kappa shape index (κ2) is 73.4. The van der Waals surface area contributed by atoms with Crippen LogP contribution in [0.25, 0.3) is 0 Å². The molecular formula is C128H112Ag4N4P8Pt2+8. The average Bonchev–Trinajstić information content (AvgIpc) is 0.824. The minimum Gasteiger partial charge on any atom is -0.366 e. The minimum atomic E-state index is -1.10. The zero-order chi connectivity index (χ0) is 96.5. The molecule has 0 aromatic heterocycles. The van der Waals surface area contributed by atoms with Gasteiger partial charge in [-0.25, -0.2) is 0 Å². The largest absolute Gasteiger partial charge is 2.00 e. The molecule has 4 nitrogen and oxygen atoms in total. The molecule has 20 rings (SSSR count). The quantitative estimate of drug-likeness (QED) is 0.0211. The first-order valence-electron chi connectivity index (χ1n) is 46.2. The normalized spacial score (nSPS) is 9.89. The first-order chi connectivity index (χ1) is 69.4. The molecule has 0 saturated heterocycles. The Hall–Kier alpha value is -9.74. The van der Waals surface area contributed by atoms with Crippen LogP contribution in [-0.4, -0.2) is 0 Å². The fraction of sp³-hybridized carbons (Fsp3) is 0. The summed E-state index contributed by atoms with van der Waals surface area (Å²) in [4.78, 5) is 16.5. The Labute approximate surface area is 967 Å². The molecule has 0 atom stereocenters. The van der Waals surface area contributed by atoms with E-state index in [2.05, 4.69) is 528 Å². The van der Waals surface area contributed by atoms with Crippen LogP contribution in [0.5, 0.6) is 0 Å². The summed E-state index contributed by atoms with van der Waals surface area (Å²) in [5.74, 6) is 9.11. The van der Waals surface area contributed by atoms with Gasteiger partial charge in [0.2, 0.25) is 0 Å². The molecule has 0 aliphatic rings. The van der Waals surface area contributed by atoms with E-state index in [1.807, 2.05) is 121 Å². The van der Waals surface area contributed by atoms with Crippen LogP contribution < -0.4 is 104 Å². The van der Waals surface area contributed by atoms with Crippen molar-refractivity contribution in [2.24, 2.45) is 0 Å². The number of nitrogens with one attached hydrogen (secondary N) is 4. The molecular weight excluding hydrogens is 2660 g/mol. The number of hydrogen-bond donors (Lipinski definition) is 4. The summed E-state index contributed by atoms with van der Waals surface area (Å²) < 4.78 is 0. The standard InChI is InChI=1S/4C24H21NP2.4C8H5.4Ag.2Pt/c4*1-5-13-21(14-6-1)26(22-15-7-2-8-16-22)25-27(23-17-9-3-10-18-23)24-19-11-4-12-20-24;4*1-2-8-6-4-3-5-7-8;;;;;;/h4*1-20,25H;4*3-7H;;;;;;/q;;;;4*-1;;;2*+1;;+2/p+8. The van der Waals surface area contributed by atoms with Crippen LogP contribution in [0.1, 0.15) is 22.3 Å². The Morgan fingerprint density at radius 1 is 0.123 bits per heavy atom. The first kappa shape index (κ1) is 123. The van der Waals surface area contributed by atoms with E-state index in [0.29, 0.717) is 0 Å². The molecule has 0 spiro atoms. The van der Waals surface area contributed by atoms with E-state index >= 15 is 0 Å². The Morgan fingerprint density at radius 3 is 0.240 bits per heavy atom. The predicted molar refractivity (Wildman–Crippen MR) is 627 cm³/mol. The van der Waals surface area contributed by atoms with Gasteiger partial charge in [0.1, 0.15) is 84.9 Å². The van der Waals surface area contributed by atoms with Crippen molar-refractivity contribution in [2.75, 3.05) is 0 Å². The summed E-state index contributed by atoms with van der Waals surface area (Å²) in [7, 11) is -8.78. The molecule has 0 heterocycles. The van der Waals surface area contributed by atoms with Crippen molar-refractivity contribution >= 4 is 149 Å². The second-order valence-corrected chi connectivity index (χ2v) is 50.6. The summed E-state index contributed by atoms with van der Waals surface area (Å²) in [6, 6.07) is 212. The molecule has 146 heavy (non-hydrogen) atoms. The first-order valence-corrected chi connectivity index (χ1v) is 58.2. The maximum absolute atomic E-state index is 6.69. The summed E-state index contributed by atoms with van der Waals surface area (Å²) >= 11 is 0. The maximum atomic E-state index is 6.69. The molecule has 0 fully saturated rings. The van der Waals surface area contributed by atoms with E-state index in [4.69, 9.17) is 25.7 Å². The van der Waals surface area contributed by atoms with E-state index in [1.165, 1.54) is 84.9 Å². The fourth-order valence-electron chi connectivity index (χ4n) is 14.8. The van der Waals surface area contributed by atoms with Crippen LogP contribution >= 0.6 is 64.6 Å². The van der Waals surface area contributed by atoms with Crippen LogP contribution in [0.4, 0.5) is 0 Å². The van der Waals surface area contributed by atoms with Gasteiger partial charge in [0, 0.05) is 65.8 Å². The predicted octanol–water partition coefficient (Wildman–Crippen LogP) is 23.0. The third kappa shape index (κ3) is 42.0. The molecule has 20 aromatic rings. The molecule has 0 bridgehead atoms. The van der Waals surface area contributed by atoms with Crippen molar-refractivity contribution in [3.05, 3.63) is 655 Å². The van der Waals surface area contributed by atoms with Gasteiger partial charge in [-0.1, -0.05) is 383 Å². The van der Waals surface area contributed by atoms with Gasteiger partial charge in [-0.3, -0.25) is 23.7 Å². The molecule has 0 saturated carbocycles. The Balaban J connectivity index is 0.000000236. The van der Waals surface area contributed by atoms with Gasteiger partial charge in [-0.2, -0.15) is 0 Å². The van der Waals surface area contributed by atoms with Crippen LogP contribution in [-0.2, 0) is 132 Å². The van der Waals surface area contributed by atoms with Gasteiger partial charge in [0.15, 0.2) is 64.6 Å². The Kier molecular flexibility index (Phi) is 61.9. The monoisotopic (exact) mass is 2770 g/mol. The SMILES string of the molecule is [Ag+].[Ag+].[Ag].[Ag].[C-]#Cc1ccccc1.[C-]#Cc1ccccc1.[C-]#Cc1ccccc1.[C-]#Cc1ccccc1.[Pt+2].[Pt].c1ccc([PH+](N[PH+](c2ccccc2)c2ccccc2)c2ccccc2)cc1.c1ccc([PH+](N[PH+](c2ccccc2)c2ccccc2)c2ccccc2)cc1.c1ccc([PH+](N[PH+](c2ccccc2)c2ccccc2)c2ccccc2)cc1.c1ccc([PH+](N[PH+](c2ccccc2)c2ccccc2)c2ccccc2)cc1. The van der Waals surface area contributed by atoms with Crippen molar-refractivity contribution in [3.8, 4) is 23.7 Å². The molecule has 4 N–H and O–H groups in total. The van der Waals surface area contributed by atoms with Crippen molar-refractivity contribution in [1.82, 2.24) is 19.4 Å². The Morgan fingerprint density at radius 2 is 0.185 bits per heavy atom. The topological polar surface area (TPSA) is 48.1 Å². The van der Waals surface area contributed by atoms with E-state index < -0.39 is 64.6 Å². The minimum absolute atomic E-state index is 0. The van der Waals surface area contributed by atoms with Crippen LogP contribution in [0.2, 0.25) is 0 Å². The third-order valence-electron chi connectivity index (χ3n) is 21.7. The molecule has 20 aromatic carbocycles. The number of rotatable bonds is 24. The van der Waals surface area contributed by atoms with Crippen LogP contribution in [0.3, 0.4) is 0 Å². The van der Waals surface area contributed by atoms with Crippen molar-refractivity contribution in [2.45, 2.75) is 0 Å². The summed E-state index contributed by atoms with van der Waals surface area (Å²) in [5, 5.41) is 22.3. The molecule has 0 amide bonds. The molecule has 0 aliphatic heterocycles. The van der Waals surface area contributed by atoms with Gasteiger partial charge in [0.05, 0.1) is 0 Å². The summed E-state index contributed by atoms with van der Waals surface area (Å²) in [6.07, 6.45) is 26.8. The van der Waals surface area contributed by atoms with E-state index in [9.17, 15) is 0 Å². The molecule has 2 radical (unpaired) electrons. The van der Waals surface area contributed by atoms with E-state index in [1.54, 1.807) is 0 Å². The molecule has 0 aliphatic carbocycles. The van der Waals surface area contributed by atoms with Crippen molar-refractivity contribution in [3.63, 3.8) is 0 Å². The van der Waals surface area contributed by atoms with E-state index in [0.717, 1.165) is 22.3 Å². The average molecular weight is 2780 g/mol. The van der Waals surface area contributed by atoms with Gasteiger partial charge in [0.25, 0.3) is 0 Å². The van der Waals surface area contributed by atoms with Crippen LogP contribution in [0, 0.1) is 49.4 Å². The van der Waals surface area contributed by atoms with Crippen LogP contribution in [0.15, 0.2) is 607 Å².